The Morgan fingerprint density at radius 2 is 1.80 bits per heavy atom. The maximum atomic E-state index is 13.2. The van der Waals surface area contributed by atoms with E-state index in [4.69, 9.17) is 17.3 Å². The lowest BCUT2D eigenvalue weighted by molar-refractivity contribution is -0.138. The van der Waals surface area contributed by atoms with E-state index in [-0.39, 0.29) is 24.4 Å². The van der Waals surface area contributed by atoms with Crippen LogP contribution in [0.4, 0.5) is 13.2 Å². The number of amides is 1. The van der Waals surface area contributed by atoms with Gasteiger partial charge in [0.15, 0.2) is 0 Å². The Kier molecular flexibility index (Phi) is 6.62. The predicted octanol–water partition coefficient (Wildman–Crippen LogP) is 5.44. The fraction of sp³-hybridized carbons (Fsp3) is 0.190. The SMILES string of the molecule is O=C(O)CCCN1C(=O)C(=Cc2ccc(-c3ccccc3C(F)(F)F)cc2)SC1=S. The van der Waals surface area contributed by atoms with Crippen molar-refractivity contribution < 1.29 is 27.9 Å². The first-order valence-corrected chi connectivity index (χ1v) is 10.1. The van der Waals surface area contributed by atoms with Crippen molar-refractivity contribution >= 4 is 46.3 Å². The molecule has 0 spiro atoms. The Bertz CT molecular complexity index is 1020. The number of nitrogens with zero attached hydrogens (tertiary/aromatic N) is 1. The monoisotopic (exact) mass is 451 g/mol. The van der Waals surface area contributed by atoms with Gasteiger partial charge in [-0.25, -0.2) is 0 Å². The number of rotatable bonds is 6. The average molecular weight is 451 g/mol. The van der Waals surface area contributed by atoms with E-state index in [2.05, 4.69) is 0 Å². The molecule has 2 aromatic rings. The Labute approximate surface area is 180 Å². The molecule has 1 heterocycles. The summed E-state index contributed by atoms with van der Waals surface area (Å²) in [5, 5.41) is 8.72. The van der Waals surface area contributed by atoms with Gasteiger partial charge in [0, 0.05) is 13.0 Å². The smallest absolute Gasteiger partial charge is 0.417 e. The first kappa shape index (κ1) is 22.0. The summed E-state index contributed by atoms with van der Waals surface area (Å²) in [5.74, 6) is -1.25. The fourth-order valence-electron chi connectivity index (χ4n) is 2.97. The highest BCUT2D eigenvalue weighted by atomic mass is 32.2. The number of hydrogen-bond donors (Lipinski definition) is 1. The third kappa shape index (κ3) is 5.09. The summed E-state index contributed by atoms with van der Waals surface area (Å²) in [7, 11) is 0. The standard InChI is InChI=1S/C21H16F3NO3S2/c22-21(23,24)16-5-2-1-4-15(16)14-9-7-13(8-10-14)12-17-19(28)25(20(29)30-17)11-3-6-18(26)27/h1-2,4-5,7-10,12H,3,6,11H2,(H,26,27). The summed E-state index contributed by atoms with van der Waals surface area (Å²) >= 11 is 6.31. The van der Waals surface area contributed by atoms with E-state index in [1.165, 1.54) is 17.0 Å². The molecular weight excluding hydrogens is 435 g/mol. The van der Waals surface area contributed by atoms with Crippen molar-refractivity contribution in [2.75, 3.05) is 6.54 Å². The molecular formula is C21H16F3NO3S2. The van der Waals surface area contributed by atoms with Crippen molar-refractivity contribution in [1.29, 1.82) is 0 Å². The Hall–Kier alpha value is -2.65. The number of benzene rings is 2. The number of aliphatic carboxylic acids is 1. The van der Waals surface area contributed by atoms with Crippen molar-refractivity contribution in [2.24, 2.45) is 0 Å². The summed E-state index contributed by atoms with van der Waals surface area (Å²) in [4.78, 5) is 24.9. The Morgan fingerprint density at radius 3 is 2.43 bits per heavy atom. The molecule has 1 aliphatic heterocycles. The van der Waals surface area contributed by atoms with Gasteiger partial charge >= 0.3 is 12.1 Å². The molecule has 30 heavy (non-hydrogen) atoms. The number of carbonyl (C=O) groups excluding carboxylic acids is 1. The maximum Gasteiger partial charge on any atom is 0.417 e. The number of hydrogen-bond acceptors (Lipinski definition) is 4. The van der Waals surface area contributed by atoms with Gasteiger partial charge in [0.2, 0.25) is 0 Å². The first-order chi connectivity index (χ1) is 14.2. The van der Waals surface area contributed by atoms with E-state index in [9.17, 15) is 22.8 Å². The zero-order valence-electron chi connectivity index (χ0n) is 15.5. The number of carboxylic acid groups (broad SMARTS) is 1. The second-order valence-electron chi connectivity index (χ2n) is 6.50. The van der Waals surface area contributed by atoms with Gasteiger partial charge in [0.25, 0.3) is 5.91 Å². The summed E-state index contributed by atoms with van der Waals surface area (Å²) < 4.78 is 40.1. The van der Waals surface area contributed by atoms with Gasteiger partial charge in [-0.15, -0.1) is 0 Å². The minimum absolute atomic E-state index is 0.0586. The number of carbonyl (C=O) groups is 2. The van der Waals surface area contributed by atoms with Crippen LogP contribution in [0.2, 0.25) is 0 Å². The van der Waals surface area contributed by atoms with E-state index < -0.39 is 17.7 Å². The second kappa shape index (κ2) is 9.01. The van der Waals surface area contributed by atoms with Crippen molar-refractivity contribution in [2.45, 2.75) is 19.0 Å². The molecule has 0 unspecified atom stereocenters. The number of thioether (sulfide) groups is 1. The molecule has 0 radical (unpaired) electrons. The highest BCUT2D eigenvalue weighted by Gasteiger charge is 2.33. The van der Waals surface area contributed by atoms with Crippen LogP contribution in [0, 0.1) is 0 Å². The molecule has 4 nitrogen and oxygen atoms in total. The van der Waals surface area contributed by atoms with Crippen LogP contribution in [-0.4, -0.2) is 32.7 Å². The minimum atomic E-state index is -4.45. The summed E-state index contributed by atoms with van der Waals surface area (Å²) in [6, 6.07) is 11.8. The zero-order chi connectivity index (χ0) is 21.9. The average Bonchev–Trinajstić information content (AvgIpc) is 2.95. The van der Waals surface area contributed by atoms with Crippen LogP contribution in [0.25, 0.3) is 17.2 Å². The maximum absolute atomic E-state index is 13.2. The molecule has 3 rings (SSSR count). The van der Waals surface area contributed by atoms with E-state index in [0.29, 0.717) is 26.8 Å². The molecule has 1 aliphatic rings. The van der Waals surface area contributed by atoms with Crippen molar-refractivity contribution in [1.82, 2.24) is 4.90 Å². The van der Waals surface area contributed by atoms with Crippen LogP contribution in [0.5, 0.6) is 0 Å². The molecule has 1 amide bonds. The normalized spacial score (nSPS) is 15.8. The quantitative estimate of drug-likeness (QED) is 0.468. The molecule has 1 fully saturated rings. The Balaban J connectivity index is 1.78. The molecule has 1 saturated heterocycles. The van der Waals surface area contributed by atoms with Gasteiger partial charge in [-0.1, -0.05) is 66.4 Å². The highest BCUT2D eigenvalue weighted by molar-refractivity contribution is 8.26. The number of thiocarbonyl (C=S) groups is 1. The van der Waals surface area contributed by atoms with Crippen LogP contribution in [0.15, 0.2) is 53.4 Å². The topological polar surface area (TPSA) is 57.6 Å². The van der Waals surface area contributed by atoms with E-state index in [0.717, 1.165) is 17.8 Å². The van der Waals surface area contributed by atoms with E-state index in [1.54, 1.807) is 36.4 Å². The zero-order valence-corrected chi connectivity index (χ0v) is 17.1. The molecule has 0 saturated carbocycles. The molecule has 2 aromatic carbocycles. The summed E-state index contributed by atoms with van der Waals surface area (Å²) in [6.45, 7) is 0.224. The van der Waals surface area contributed by atoms with Crippen LogP contribution in [0.1, 0.15) is 24.0 Å². The molecule has 0 aromatic heterocycles. The molecule has 0 aliphatic carbocycles. The highest BCUT2D eigenvalue weighted by Crippen LogP contribution is 2.37. The summed E-state index contributed by atoms with van der Waals surface area (Å²) in [6.07, 6.45) is -2.60. The number of halogens is 3. The molecule has 1 N–H and O–H groups in total. The largest absolute Gasteiger partial charge is 0.481 e. The van der Waals surface area contributed by atoms with E-state index in [1.807, 2.05) is 0 Å². The lowest BCUT2D eigenvalue weighted by atomic mass is 9.98. The fourth-order valence-corrected chi connectivity index (χ4v) is 4.28. The first-order valence-electron chi connectivity index (χ1n) is 8.90. The van der Waals surface area contributed by atoms with Gasteiger partial charge in [-0.3, -0.25) is 14.5 Å². The van der Waals surface area contributed by atoms with Crippen LogP contribution in [-0.2, 0) is 15.8 Å². The lowest BCUT2D eigenvalue weighted by Crippen LogP contribution is -2.29. The second-order valence-corrected chi connectivity index (χ2v) is 8.17. The van der Waals surface area contributed by atoms with Crippen LogP contribution in [0.3, 0.4) is 0 Å². The van der Waals surface area contributed by atoms with Crippen molar-refractivity contribution in [3.05, 3.63) is 64.6 Å². The van der Waals surface area contributed by atoms with Crippen molar-refractivity contribution in [3.8, 4) is 11.1 Å². The number of alkyl halides is 3. The molecule has 0 atom stereocenters. The van der Waals surface area contributed by atoms with Gasteiger partial charge in [0.1, 0.15) is 4.32 Å². The van der Waals surface area contributed by atoms with E-state index >= 15 is 0 Å². The number of carboxylic acids is 1. The third-order valence-electron chi connectivity index (χ3n) is 4.40. The third-order valence-corrected chi connectivity index (χ3v) is 5.78. The minimum Gasteiger partial charge on any atom is -0.481 e. The molecule has 0 bridgehead atoms. The van der Waals surface area contributed by atoms with Gasteiger partial charge in [0.05, 0.1) is 10.5 Å². The molecule has 9 heteroatoms. The Morgan fingerprint density at radius 1 is 1.13 bits per heavy atom. The van der Waals surface area contributed by atoms with Crippen LogP contribution < -0.4 is 0 Å². The van der Waals surface area contributed by atoms with Gasteiger partial charge in [-0.2, -0.15) is 13.2 Å². The molecule has 156 valence electrons. The van der Waals surface area contributed by atoms with Gasteiger partial charge in [-0.05, 0) is 35.3 Å². The van der Waals surface area contributed by atoms with Crippen LogP contribution >= 0.6 is 24.0 Å². The summed E-state index contributed by atoms with van der Waals surface area (Å²) in [5.41, 5.74) is 0.442. The predicted molar refractivity (Wildman–Crippen MR) is 114 cm³/mol. The lowest BCUT2D eigenvalue weighted by Gasteiger charge is -2.13. The van der Waals surface area contributed by atoms with Gasteiger partial charge < -0.3 is 5.11 Å². The van der Waals surface area contributed by atoms with Crippen molar-refractivity contribution in [3.63, 3.8) is 0 Å².